The molecule has 1 unspecified atom stereocenters. The predicted molar refractivity (Wildman–Crippen MR) is 149 cm³/mol. The molecule has 0 radical (unpaired) electrons. The Labute approximate surface area is 227 Å². The lowest BCUT2D eigenvalue weighted by Crippen LogP contribution is -2.49. The molecule has 3 heterocycles. The van der Waals surface area contributed by atoms with Gasteiger partial charge in [-0.15, -0.1) is 0 Å². The van der Waals surface area contributed by atoms with E-state index in [1.807, 2.05) is 25.1 Å². The van der Waals surface area contributed by atoms with Gasteiger partial charge in [-0.05, 0) is 101 Å². The lowest BCUT2D eigenvalue weighted by atomic mass is 9.63. The van der Waals surface area contributed by atoms with Crippen LogP contribution in [-0.4, -0.2) is 49.6 Å². The van der Waals surface area contributed by atoms with Crippen LogP contribution in [0.15, 0.2) is 29.3 Å². The van der Waals surface area contributed by atoms with Crippen LogP contribution in [0.1, 0.15) is 81.8 Å². The normalized spacial score (nSPS) is 24.1. The first-order chi connectivity index (χ1) is 18.4. The fourth-order valence-corrected chi connectivity index (χ4v) is 8.47. The van der Waals surface area contributed by atoms with E-state index in [0.717, 1.165) is 73.3 Å². The van der Waals surface area contributed by atoms with Crippen LogP contribution in [0.3, 0.4) is 0 Å². The number of hydrogen-bond donors (Lipinski definition) is 4. The minimum absolute atomic E-state index is 0.0359. The highest BCUT2D eigenvalue weighted by molar-refractivity contribution is 7.85. The zero-order valence-corrected chi connectivity index (χ0v) is 23.0. The van der Waals surface area contributed by atoms with E-state index in [9.17, 15) is 9.00 Å². The van der Waals surface area contributed by atoms with Crippen LogP contribution >= 0.6 is 0 Å². The van der Waals surface area contributed by atoms with Gasteiger partial charge in [0.05, 0.1) is 22.3 Å². The highest BCUT2D eigenvalue weighted by Gasteiger charge is 2.57. The van der Waals surface area contributed by atoms with Crippen molar-refractivity contribution in [1.29, 1.82) is 0 Å². The summed E-state index contributed by atoms with van der Waals surface area (Å²) in [4.78, 5) is 22.0. The molecule has 2 aliphatic heterocycles. The third-order valence-electron chi connectivity index (χ3n) is 9.26. The number of nitrogens with one attached hydrogen (secondary N) is 3. The van der Waals surface area contributed by atoms with Crippen LogP contribution in [0.4, 0.5) is 17.5 Å². The molecule has 1 atom stereocenters. The number of carbonyl (C=O) groups is 1. The molecule has 2 aromatic rings. The number of aromatic nitrogens is 2. The van der Waals surface area contributed by atoms with Crippen LogP contribution in [-0.2, 0) is 21.0 Å². The molecular formula is C29H39N5O3S. The number of rotatable bonds is 4. The summed E-state index contributed by atoms with van der Waals surface area (Å²) >= 11 is 0. The Balaban J connectivity index is 0.000000330. The van der Waals surface area contributed by atoms with Gasteiger partial charge < -0.3 is 21.1 Å². The SMILES string of the molecule is Cc1cc(S(=O)C2CC3(CCNCC3)C2)ccc1Nc1ncc2c(n1)NC(=O)C21CC1.OC1CCCCC1. The smallest absolute Gasteiger partial charge is 0.236 e. The summed E-state index contributed by atoms with van der Waals surface area (Å²) in [7, 11) is -0.967. The van der Waals surface area contributed by atoms with Gasteiger partial charge in [-0.1, -0.05) is 19.3 Å². The van der Waals surface area contributed by atoms with Crippen LogP contribution < -0.4 is 16.0 Å². The Hall–Kier alpha value is -2.36. The fourth-order valence-electron chi connectivity index (χ4n) is 6.58. The molecule has 0 bridgehead atoms. The number of benzene rings is 1. The first kappa shape index (κ1) is 25.9. The number of carbonyl (C=O) groups excluding carboxylic acids is 1. The summed E-state index contributed by atoms with van der Waals surface area (Å²) in [5, 5.41) is 18.8. The van der Waals surface area contributed by atoms with E-state index < -0.39 is 10.8 Å². The second kappa shape index (κ2) is 10.3. The van der Waals surface area contributed by atoms with Gasteiger partial charge in [0.2, 0.25) is 11.9 Å². The van der Waals surface area contributed by atoms with E-state index in [0.29, 0.717) is 17.2 Å². The van der Waals surface area contributed by atoms with Gasteiger partial charge >= 0.3 is 0 Å². The standard InChI is InChI=1S/C23H27N5O2S.C6H12O/c1-14-10-15(31(30)16-11-22(12-16)6-8-24-9-7-22)2-3-18(14)26-21-25-13-17-19(28-21)27-20(29)23(17)4-5-23;7-6-4-2-1-3-5-6/h2-3,10,13,16,24H,4-9,11-12H2,1H3,(H2,25,26,27,28,29);6-7H,1-5H2. The van der Waals surface area contributed by atoms with Crippen molar-refractivity contribution in [3.8, 4) is 0 Å². The van der Waals surface area contributed by atoms with Crippen molar-refractivity contribution in [2.75, 3.05) is 23.7 Å². The summed E-state index contributed by atoms with van der Waals surface area (Å²) in [5.41, 5.74) is 2.87. The van der Waals surface area contributed by atoms with Gasteiger partial charge in [-0.3, -0.25) is 9.00 Å². The predicted octanol–water partition coefficient (Wildman–Crippen LogP) is 4.46. The maximum Gasteiger partial charge on any atom is 0.236 e. The molecular weight excluding hydrogens is 498 g/mol. The van der Waals surface area contributed by atoms with E-state index in [-0.39, 0.29) is 22.7 Å². The number of aryl methyl sites for hydroxylation is 1. The number of amides is 1. The summed E-state index contributed by atoms with van der Waals surface area (Å²) < 4.78 is 13.1. The molecule has 204 valence electrons. The largest absolute Gasteiger partial charge is 0.393 e. The molecule has 1 aromatic carbocycles. The third-order valence-corrected chi connectivity index (χ3v) is 10.9. The fraction of sp³-hybridized carbons (Fsp3) is 0.621. The third kappa shape index (κ3) is 5.00. The number of aliphatic hydroxyl groups excluding tert-OH is 1. The number of fused-ring (bicyclic) bond motifs is 2. The summed E-state index contributed by atoms with van der Waals surface area (Å²) in [5.74, 6) is 1.12. The number of nitrogens with zero attached hydrogens (tertiary/aromatic N) is 2. The van der Waals surface area contributed by atoms with Crippen molar-refractivity contribution < 1.29 is 14.1 Å². The van der Waals surface area contributed by atoms with Crippen molar-refractivity contribution in [3.05, 3.63) is 35.5 Å². The van der Waals surface area contributed by atoms with E-state index in [4.69, 9.17) is 5.11 Å². The molecule has 1 aromatic heterocycles. The summed E-state index contributed by atoms with van der Waals surface area (Å²) in [6.45, 7) is 4.19. The quantitative estimate of drug-likeness (QED) is 0.455. The average molecular weight is 538 g/mol. The molecule has 8 nitrogen and oxygen atoms in total. The Morgan fingerprint density at radius 3 is 2.45 bits per heavy atom. The van der Waals surface area contributed by atoms with E-state index in [2.05, 4.69) is 25.9 Å². The van der Waals surface area contributed by atoms with Crippen molar-refractivity contribution in [1.82, 2.24) is 15.3 Å². The maximum absolute atomic E-state index is 13.1. The topological polar surface area (TPSA) is 116 Å². The molecule has 1 saturated heterocycles. The second-order valence-electron chi connectivity index (χ2n) is 12.0. The highest BCUT2D eigenvalue weighted by Crippen LogP contribution is 2.54. The molecule has 38 heavy (non-hydrogen) atoms. The number of anilines is 3. The minimum atomic E-state index is -0.967. The first-order valence-electron chi connectivity index (χ1n) is 14.2. The molecule has 5 aliphatic rings. The summed E-state index contributed by atoms with van der Waals surface area (Å²) in [6.07, 6.45) is 14.0. The number of aliphatic hydroxyl groups is 1. The maximum atomic E-state index is 13.1. The average Bonchev–Trinajstić information content (AvgIpc) is 3.66. The zero-order valence-electron chi connectivity index (χ0n) is 22.2. The van der Waals surface area contributed by atoms with Crippen LogP contribution in [0.2, 0.25) is 0 Å². The minimum Gasteiger partial charge on any atom is -0.393 e. The second-order valence-corrected chi connectivity index (χ2v) is 13.7. The number of hydrogen-bond acceptors (Lipinski definition) is 7. The molecule has 2 spiro atoms. The van der Waals surface area contributed by atoms with Crippen molar-refractivity contribution in [2.24, 2.45) is 5.41 Å². The van der Waals surface area contributed by atoms with Gasteiger partial charge in [-0.25, -0.2) is 4.98 Å². The van der Waals surface area contributed by atoms with Gasteiger partial charge in [0.25, 0.3) is 0 Å². The zero-order chi connectivity index (χ0) is 26.3. The van der Waals surface area contributed by atoms with Gasteiger partial charge in [0.1, 0.15) is 5.82 Å². The van der Waals surface area contributed by atoms with Crippen LogP contribution in [0, 0.1) is 12.3 Å². The van der Waals surface area contributed by atoms with Gasteiger partial charge in [-0.2, -0.15) is 4.98 Å². The molecule has 9 heteroatoms. The van der Waals surface area contributed by atoms with E-state index in [1.54, 1.807) is 6.20 Å². The van der Waals surface area contributed by atoms with Crippen LogP contribution in [0.5, 0.6) is 0 Å². The molecule has 7 rings (SSSR count). The van der Waals surface area contributed by atoms with Crippen LogP contribution in [0.25, 0.3) is 0 Å². The number of piperidine rings is 1. The molecule has 4 fully saturated rings. The van der Waals surface area contributed by atoms with Gasteiger partial charge in [0.15, 0.2) is 0 Å². The summed E-state index contributed by atoms with van der Waals surface area (Å²) in [6, 6.07) is 5.92. The molecule has 3 aliphatic carbocycles. The lowest BCUT2D eigenvalue weighted by molar-refractivity contribution is -0.117. The van der Waals surface area contributed by atoms with E-state index in [1.165, 1.54) is 32.1 Å². The lowest BCUT2D eigenvalue weighted by Gasteiger charge is -2.49. The monoisotopic (exact) mass is 537 g/mol. The first-order valence-corrected chi connectivity index (χ1v) is 15.4. The molecule has 4 N–H and O–H groups in total. The Kier molecular flexibility index (Phi) is 7.03. The Bertz CT molecular complexity index is 1230. The van der Waals surface area contributed by atoms with Crippen molar-refractivity contribution in [2.45, 2.75) is 99.2 Å². The van der Waals surface area contributed by atoms with Crippen molar-refractivity contribution >= 4 is 34.2 Å². The Morgan fingerprint density at radius 2 is 1.82 bits per heavy atom. The Morgan fingerprint density at radius 1 is 1.08 bits per heavy atom. The van der Waals surface area contributed by atoms with Gasteiger partial charge in [0, 0.05) is 27.6 Å². The molecule has 3 saturated carbocycles. The van der Waals surface area contributed by atoms with E-state index >= 15 is 0 Å². The highest BCUT2D eigenvalue weighted by atomic mass is 32.2. The molecule has 1 amide bonds. The van der Waals surface area contributed by atoms with Crippen molar-refractivity contribution in [3.63, 3.8) is 0 Å².